The second-order valence-corrected chi connectivity index (χ2v) is 6.47. The molecule has 0 atom stereocenters. The SMILES string of the molecule is COCCCN1CCC(C(=O)N2CCC(C)CC2)CC1. The summed E-state index contributed by atoms with van der Waals surface area (Å²) in [5.41, 5.74) is 0. The van der Waals surface area contributed by atoms with E-state index in [0.29, 0.717) is 5.91 Å². The Labute approximate surface area is 123 Å². The van der Waals surface area contributed by atoms with Gasteiger partial charge >= 0.3 is 0 Å². The molecule has 20 heavy (non-hydrogen) atoms. The summed E-state index contributed by atoms with van der Waals surface area (Å²) in [5.74, 6) is 1.50. The monoisotopic (exact) mass is 282 g/mol. The number of carbonyl (C=O) groups excluding carboxylic acids is 1. The number of methoxy groups -OCH3 is 1. The number of rotatable bonds is 5. The second-order valence-electron chi connectivity index (χ2n) is 6.47. The van der Waals surface area contributed by atoms with E-state index in [-0.39, 0.29) is 5.92 Å². The van der Waals surface area contributed by atoms with Crippen molar-refractivity contribution >= 4 is 5.91 Å². The Morgan fingerprint density at radius 2 is 1.75 bits per heavy atom. The zero-order valence-corrected chi connectivity index (χ0v) is 13.1. The molecule has 0 aromatic rings. The van der Waals surface area contributed by atoms with Crippen molar-refractivity contribution in [1.29, 1.82) is 0 Å². The van der Waals surface area contributed by atoms with Gasteiger partial charge in [-0.1, -0.05) is 6.92 Å². The van der Waals surface area contributed by atoms with Crippen LogP contribution in [0.5, 0.6) is 0 Å². The van der Waals surface area contributed by atoms with E-state index < -0.39 is 0 Å². The van der Waals surface area contributed by atoms with Gasteiger partial charge in [-0.2, -0.15) is 0 Å². The zero-order valence-electron chi connectivity index (χ0n) is 13.1. The first-order valence-corrected chi connectivity index (χ1v) is 8.20. The van der Waals surface area contributed by atoms with E-state index in [2.05, 4.69) is 16.7 Å². The molecule has 0 radical (unpaired) electrons. The molecule has 116 valence electrons. The van der Waals surface area contributed by atoms with Gasteiger partial charge in [0.25, 0.3) is 0 Å². The second kappa shape index (κ2) is 7.99. The first kappa shape index (κ1) is 15.8. The van der Waals surface area contributed by atoms with E-state index >= 15 is 0 Å². The smallest absolute Gasteiger partial charge is 0.225 e. The van der Waals surface area contributed by atoms with Gasteiger partial charge in [0.05, 0.1) is 0 Å². The number of amides is 1. The third kappa shape index (κ3) is 4.45. The van der Waals surface area contributed by atoms with Gasteiger partial charge in [0.15, 0.2) is 0 Å². The summed E-state index contributed by atoms with van der Waals surface area (Å²) in [6, 6.07) is 0. The minimum Gasteiger partial charge on any atom is -0.385 e. The molecule has 0 aliphatic carbocycles. The van der Waals surface area contributed by atoms with Gasteiger partial charge in [0, 0.05) is 39.3 Å². The Morgan fingerprint density at radius 1 is 1.10 bits per heavy atom. The van der Waals surface area contributed by atoms with Crippen LogP contribution in [0.2, 0.25) is 0 Å². The first-order chi connectivity index (χ1) is 9.70. The Kier molecular flexibility index (Phi) is 6.30. The van der Waals surface area contributed by atoms with Crippen LogP contribution >= 0.6 is 0 Å². The molecule has 4 heteroatoms. The highest BCUT2D eigenvalue weighted by Crippen LogP contribution is 2.23. The van der Waals surface area contributed by atoms with Crippen molar-refractivity contribution in [2.75, 3.05) is 46.4 Å². The first-order valence-electron chi connectivity index (χ1n) is 8.20. The average Bonchev–Trinajstić information content (AvgIpc) is 2.48. The van der Waals surface area contributed by atoms with E-state index in [0.717, 1.165) is 64.5 Å². The van der Waals surface area contributed by atoms with Crippen molar-refractivity contribution in [3.63, 3.8) is 0 Å². The summed E-state index contributed by atoms with van der Waals surface area (Å²) < 4.78 is 5.09. The van der Waals surface area contributed by atoms with Crippen LogP contribution in [-0.2, 0) is 9.53 Å². The molecule has 2 heterocycles. The molecule has 0 unspecified atom stereocenters. The highest BCUT2D eigenvalue weighted by Gasteiger charge is 2.29. The van der Waals surface area contributed by atoms with Crippen LogP contribution in [0.15, 0.2) is 0 Å². The molecule has 0 bridgehead atoms. The van der Waals surface area contributed by atoms with Gasteiger partial charge in [0.1, 0.15) is 0 Å². The summed E-state index contributed by atoms with van der Waals surface area (Å²) in [4.78, 5) is 17.1. The minimum absolute atomic E-state index is 0.280. The van der Waals surface area contributed by atoms with Gasteiger partial charge < -0.3 is 14.5 Å². The van der Waals surface area contributed by atoms with Gasteiger partial charge in [-0.25, -0.2) is 0 Å². The van der Waals surface area contributed by atoms with Crippen LogP contribution in [0, 0.1) is 11.8 Å². The third-order valence-corrected chi connectivity index (χ3v) is 4.85. The van der Waals surface area contributed by atoms with Crippen LogP contribution < -0.4 is 0 Å². The van der Waals surface area contributed by atoms with E-state index in [1.807, 2.05) is 0 Å². The summed E-state index contributed by atoms with van der Waals surface area (Å²) in [7, 11) is 1.75. The average molecular weight is 282 g/mol. The zero-order chi connectivity index (χ0) is 14.4. The summed E-state index contributed by atoms with van der Waals surface area (Å²) in [5, 5.41) is 0. The van der Waals surface area contributed by atoms with Crippen molar-refractivity contribution in [3.8, 4) is 0 Å². The van der Waals surface area contributed by atoms with E-state index in [4.69, 9.17) is 4.74 Å². The lowest BCUT2D eigenvalue weighted by atomic mass is 9.92. The molecular weight excluding hydrogens is 252 g/mol. The predicted molar refractivity (Wildman–Crippen MR) is 80.6 cm³/mol. The van der Waals surface area contributed by atoms with Gasteiger partial charge in [-0.15, -0.1) is 0 Å². The molecule has 2 rings (SSSR count). The number of piperidine rings is 2. The van der Waals surface area contributed by atoms with Gasteiger partial charge in [-0.3, -0.25) is 4.79 Å². The number of hydrogen-bond acceptors (Lipinski definition) is 3. The molecule has 4 nitrogen and oxygen atoms in total. The van der Waals surface area contributed by atoms with E-state index in [1.165, 1.54) is 12.8 Å². The third-order valence-electron chi connectivity index (χ3n) is 4.85. The number of ether oxygens (including phenoxy) is 1. The normalized spacial score (nSPS) is 23.2. The highest BCUT2D eigenvalue weighted by atomic mass is 16.5. The Bertz CT molecular complexity index is 293. The standard InChI is InChI=1S/C16H30N2O2/c1-14-4-11-18(12-5-14)16(19)15-6-9-17(10-7-15)8-3-13-20-2/h14-15H,3-13H2,1-2H3. The molecule has 1 amide bonds. The molecule has 2 fully saturated rings. The number of hydrogen-bond donors (Lipinski definition) is 0. The van der Waals surface area contributed by atoms with Crippen LogP contribution in [0.4, 0.5) is 0 Å². The molecule has 2 aliphatic heterocycles. The van der Waals surface area contributed by atoms with Crippen molar-refractivity contribution in [2.45, 2.75) is 39.0 Å². The molecule has 2 aliphatic rings. The van der Waals surface area contributed by atoms with Crippen LogP contribution in [0.3, 0.4) is 0 Å². The van der Waals surface area contributed by atoms with Crippen molar-refractivity contribution in [3.05, 3.63) is 0 Å². The quantitative estimate of drug-likeness (QED) is 0.723. The fourth-order valence-electron chi connectivity index (χ4n) is 3.32. The lowest BCUT2D eigenvalue weighted by Gasteiger charge is -2.36. The maximum atomic E-state index is 12.5. The highest BCUT2D eigenvalue weighted by molar-refractivity contribution is 5.79. The molecule has 0 saturated carbocycles. The molecule has 0 aromatic heterocycles. The number of carbonyl (C=O) groups is 1. The molecule has 0 aromatic carbocycles. The molecule has 0 spiro atoms. The van der Waals surface area contributed by atoms with E-state index in [9.17, 15) is 4.79 Å². The Morgan fingerprint density at radius 3 is 2.35 bits per heavy atom. The maximum Gasteiger partial charge on any atom is 0.225 e. The number of nitrogens with zero attached hydrogens (tertiary/aromatic N) is 2. The van der Waals surface area contributed by atoms with Crippen LogP contribution in [0.25, 0.3) is 0 Å². The molecule has 0 N–H and O–H groups in total. The number of likely N-dealkylation sites (tertiary alicyclic amines) is 2. The lowest BCUT2D eigenvalue weighted by Crippen LogP contribution is -2.45. The van der Waals surface area contributed by atoms with Gasteiger partial charge in [-0.05, 0) is 51.1 Å². The van der Waals surface area contributed by atoms with Crippen LogP contribution in [-0.4, -0.2) is 62.1 Å². The Hall–Kier alpha value is -0.610. The predicted octanol–water partition coefficient (Wildman–Crippen LogP) is 1.99. The van der Waals surface area contributed by atoms with Gasteiger partial charge in [0.2, 0.25) is 5.91 Å². The topological polar surface area (TPSA) is 32.8 Å². The van der Waals surface area contributed by atoms with Crippen LogP contribution in [0.1, 0.15) is 39.0 Å². The fraction of sp³-hybridized carbons (Fsp3) is 0.938. The van der Waals surface area contributed by atoms with Crippen molar-refractivity contribution in [1.82, 2.24) is 9.80 Å². The fourth-order valence-corrected chi connectivity index (χ4v) is 3.32. The molecule has 2 saturated heterocycles. The summed E-state index contributed by atoms with van der Waals surface area (Å²) >= 11 is 0. The lowest BCUT2D eigenvalue weighted by molar-refractivity contribution is -0.138. The summed E-state index contributed by atoms with van der Waals surface area (Å²) in [6.07, 6.45) is 5.54. The van der Waals surface area contributed by atoms with E-state index in [1.54, 1.807) is 7.11 Å². The minimum atomic E-state index is 0.280. The maximum absolute atomic E-state index is 12.5. The molecular formula is C16H30N2O2. The largest absolute Gasteiger partial charge is 0.385 e. The van der Waals surface area contributed by atoms with Crippen molar-refractivity contribution in [2.24, 2.45) is 11.8 Å². The summed E-state index contributed by atoms with van der Waals surface area (Å²) in [6.45, 7) is 8.35. The Balaban J connectivity index is 1.69. The van der Waals surface area contributed by atoms with Crippen molar-refractivity contribution < 1.29 is 9.53 Å².